The van der Waals surface area contributed by atoms with Gasteiger partial charge in [-0.15, -0.1) is 0 Å². The summed E-state index contributed by atoms with van der Waals surface area (Å²) in [6.07, 6.45) is 25.4. The van der Waals surface area contributed by atoms with Crippen molar-refractivity contribution in [1.82, 2.24) is 0 Å². The second-order valence-corrected chi connectivity index (χ2v) is 9.41. The average molecular weight is 423 g/mol. The van der Waals surface area contributed by atoms with Gasteiger partial charge in [-0.1, -0.05) is 110 Å². The standard InChI is InChI=1S/C27H51NO2/c1-5-8-9-10-11-12-13-14-15-16-17-18-19-20-21-22-26(25-27(29)30)28(4,23-6-2)24-7-3/h6-7,26H,2-3,5,8-25H2,1,4H3/p+1. The van der Waals surface area contributed by atoms with Crippen LogP contribution in [0.4, 0.5) is 0 Å². The number of quaternary nitrogens is 1. The largest absolute Gasteiger partial charge is 0.481 e. The van der Waals surface area contributed by atoms with E-state index in [9.17, 15) is 9.90 Å². The van der Waals surface area contributed by atoms with Crippen molar-refractivity contribution in [3.8, 4) is 0 Å². The molecule has 0 aromatic rings. The number of carboxylic acids is 1. The first-order valence-corrected chi connectivity index (χ1v) is 12.8. The molecule has 0 bridgehead atoms. The summed E-state index contributed by atoms with van der Waals surface area (Å²) in [7, 11) is 2.14. The van der Waals surface area contributed by atoms with Crippen LogP contribution in [0.2, 0.25) is 0 Å². The number of nitrogens with zero attached hydrogens (tertiary/aromatic N) is 1. The molecule has 3 nitrogen and oxygen atoms in total. The van der Waals surface area contributed by atoms with Crippen molar-refractivity contribution in [3.63, 3.8) is 0 Å². The van der Waals surface area contributed by atoms with E-state index >= 15 is 0 Å². The lowest BCUT2D eigenvalue weighted by atomic mass is 9.99. The Hall–Kier alpha value is -1.09. The first kappa shape index (κ1) is 28.9. The zero-order valence-electron chi connectivity index (χ0n) is 20.4. The molecule has 30 heavy (non-hydrogen) atoms. The highest BCUT2D eigenvalue weighted by Crippen LogP contribution is 2.21. The molecule has 1 unspecified atom stereocenters. The van der Waals surface area contributed by atoms with Crippen molar-refractivity contribution in [1.29, 1.82) is 0 Å². The van der Waals surface area contributed by atoms with Gasteiger partial charge >= 0.3 is 5.97 Å². The fourth-order valence-corrected chi connectivity index (χ4v) is 4.55. The van der Waals surface area contributed by atoms with Crippen LogP contribution in [0.1, 0.15) is 116 Å². The summed E-state index contributed by atoms with van der Waals surface area (Å²) in [5.74, 6) is -0.696. The molecule has 0 aromatic heterocycles. The highest BCUT2D eigenvalue weighted by Gasteiger charge is 2.31. The van der Waals surface area contributed by atoms with Crippen LogP contribution in [0.15, 0.2) is 25.3 Å². The molecule has 0 aliphatic heterocycles. The molecule has 0 saturated carbocycles. The van der Waals surface area contributed by atoms with Crippen LogP contribution in [-0.4, -0.2) is 41.7 Å². The van der Waals surface area contributed by atoms with Gasteiger partial charge < -0.3 is 9.59 Å². The fourth-order valence-electron chi connectivity index (χ4n) is 4.55. The zero-order chi connectivity index (χ0) is 22.5. The van der Waals surface area contributed by atoms with Crippen LogP contribution in [0.3, 0.4) is 0 Å². The maximum atomic E-state index is 11.4. The topological polar surface area (TPSA) is 37.3 Å². The van der Waals surface area contributed by atoms with Crippen molar-refractivity contribution in [2.45, 2.75) is 122 Å². The second-order valence-electron chi connectivity index (χ2n) is 9.41. The van der Waals surface area contributed by atoms with Gasteiger partial charge in [-0.2, -0.15) is 0 Å². The van der Waals surface area contributed by atoms with Gasteiger partial charge in [0.15, 0.2) is 0 Å². The third kappa shape index (κ3) is 15.7. The van der Waals surface area contributed by atoms with E-state index in [4.69, 9.17) is 0 Å². The van der Waals surface area contributed by atoms with Gasteiger partial charge in [-0.25, -0.2) is 0 Å². The highest BCUT2D eigenvalue weighted by molar-refractivity contribution is 5.67. The molecule has 0 heterocycles. The van der Waals surface area contributed by atoms with E-state index in [1.807, 2.05) is 12.2 Å². The quantitative estimate of drug-likeness (QED) is 0.103. The Morgan fingerprint density at radius 2 is 1.13 bits per heavy atom. The Morgan fingerprint density at radius 1 is 0.767 bits per heavy atom. The molecule has 0 aromatic carbocycles. The number of hydrogen-bond acceptors (Lipinski definition) is 1. The first-order chi connectivity index (χ1) is 14.5. The molecule has 1 N–H and O–H groups in total. The SMILES string of the molecule is C=CC[N+](C)(CC=C)C(CCCCCCCCCCCCCCCCC)CC(=O)O. The number of hydrogen-bond donors (Lipinski definition) is 1. The van der Waals surface area contributed by atoms with E-state index < -0.39 is 5.97 Å². The Kier molecular flexibility index (Phi) is 19.1. The summed E-state index contributed by atoms with van der Waals surface area (Å²) in [5, 5.41) is 9.35. The van der Waals surface area contributed by atoms with Crippen LogP contribution >= 0.6 is 0 Å². The van der Waals surface area contributed by atoms with Crippen LogP contribution in [0, 0.1) is 0 Å². The van der Waals surface area contributed by atoms with Gasteiger partial charge in [-0.05, 0) is 18.6 Å². The average Bonchev–Trinajstić information content (AvgIpc) is 2.70. The van der Waals surface area contributed by atoms with Crippen LogP contribution in [-0.2, 0) is 4.79 Å². The number of unbranched alkanes of at least 4 members (excludes halogenated alkanes) is 14. The van der Waals surface area contributed by atoms with E-state index in [1.165, 1.54) is 89.9 Å². The van der Waals surface area contributed by atoms with E-state index in [0.29, 0.717) is 4.48 Å². The van der Waals surface area contributed by atoms with Crippen LogP contribution in [0.25, 0.3) is 0 Å². The van der Waals surface area contributed by atoms with Crippen molar-refractivity contribution in [3.05, 3.63) is 25.3 Å². The minimum atomic E-state index is -0.696. The lowest BCUT2D eigenvalue weighted by molar-refractivity contribution is -0.922. The molecule has 0 radical (unpaired) electrons. The maximum Gasteiger partial charge on any atom is 0.309 e. The Balaban J connectivity index is 3.81. The predicted molar refractivity (Wildman–Crippen MR) is 132 cm³/mol. The van der Waals surface area contributed by atoms with Crippen molar-refractivity contribution < 1.29 is 14.4 Å². The zero-order valence-corrected chi connectivity index (χ0v) is 20.4. The lowest BCUT2D eigenvalue weighted by Crippen LogP contribution is -2.53. The molecule has 0 amide bonds. The minimum absolute atomic E-state index is 0.139. The van der Waals surface area contributed by atoms with Gasteiger partial charge in [0.1, 0.15) is 0 Å². The van der Waals surface area contributed by atoms with Crippen molar-refractivity contribution >= 4 is 5.97 Å². The van der Waals surface area contributed by atoms with Gasteiger partial charge in [-0.3, -0.25) is 4.79 Å². The Bertz CT molecular complexity index is 423. The summed E-state index contributed by atoms with van der Waals surface area (Å²) in [6.45, 7) is 11.6. The molecule has 176 valence electrons. The fraction of sp³-hybridized carbons (Fsp3) is 0.815. The summed E-state index contributed by atoms with van der Waals surface area (Å²) in [4.78, 5) is 11.4. The molecular formula is C27H52NO2+. The van der Waals surface area contributed by atoms with Gasteiger partial charge in [0.2, 0.25) is 0 Å². The summed E-state index contributed by atoms with van der Waals surface area (Å²) in [6, 6.07) is 0.139. The van der Waals surface area contributed by atoms with E-state index in [-0.39, 0.29) is 12.5 Å². The molecule has 3 heteroatoms. The summed E-state index contributed by atoms with van der Waals surface area (Å²) >= 11 is 0. The Labute approximate surface area is 188 Å². The van der Waals surface area contributed by atoms with Gasteiger partial charge in [0.25, 0.3) is 0 Å². The van der Waals surface area contributed by atoms with Crippen molar-refractivity contribution in [2.24, 2.45) is 0 Å². The maximum absolute atomic E-state index is 11.4. The molecule has 0 fully saturated rings. The van der Waals surface area contributed by atoms with Crippen LogP contribution < -0.4 is 0 Å². The van der Waals surface area contributed by atoms with E-state index in [0.717, 1.165) is 25.9 Å². The number of carboxylic acid groups (broad SMARTS) is 1. The monoisotopic (exact) mass is 422 g/mol. The third-order valence-corrected chi connectivity index (χ3v) is 6.53. The molecule has 1 atom stereocenters. The number of rotatable bonds is 23. The first-order valence-electron chi connectivity index (χ1n) is 12.8. The molecular weight excluding hydrogens is 370 g/mol. The number of aliphatic carboxylic acids is 1. The minimum Gasteiger partial charge on any atom is -0.481 e. The number of likely N-dealkylation sites (N-methyl/N-ethyl adjacent to an activating group) is 1. The van der Waals surface area contributed by atoms with Crippen LogP contribution in [0.5, 0.6) is 0 Å². The third-order valence-electron chi connectivity index (χ3n) is 6.53. The molecule has 0 spiro atoms. The Morgan fingerprint density at radius 3 is 1.47 bits per heavy atom. The van der Waals surface area contributed by atoms with Gasteiger partial charge in [0, 0.05) is 6.42 Å². The normalized spacial score (nSPS) is 12.6. The predicted octanol–water partition coefficient (Wildman–Crippen LogP) is 7.91. The molecule has 0 aliphatic carbocycles. The van der Waals surface area contributed by atoms with E-state index in [1.54, 1.807) is 0 Å². The lowest BCUT2D eigenvalue weighted by Gasteiger charge is -2.40. The molecule has 0 saturated heterocycles. The smallest absolute Gasteiger partial charge is 0.309 e. The van der Waals surface area contributed by atoms with E-state index in [2.05, 4.69) is 27.1 Å². The summed E-state index contributed by atoms with van der Waals surface area (Å²) in [5.41, 5.74) is 0. The molecule has 0 aliphatic rings. The number of carbonyl (C=O) groups is 1. The highest BCUT2D eigenvalue weighted by atomic mass is 16.4. The summed E-state index contributed by atoms with van der Waals surface area (Å²) < 4.78 is 0.706. The van der Waals surface area contributed by atoms with Gasteiger partial charge in [0.05, 0.1) is 32.6 Å². The second kappa shape index (κ2) is 19.8. The molecule has 0 rings (SSSR count). The van der Waals surface area contributed by atoms with Crippen molar-refractivity contribution in [2.75, 3.05) is 20.1 Å².